The average molecular weight is 521 g/mol. The molecule has 1 amide bonds. The molecule has 7 heteroatoms. The van der Waals surface area contributed by atoms with Crippen LogP contribution in [0.1, 0.15) is 65.4 Å². The van der Waals surface area contributed by atoms with Crippen molar-refractivity contribution in [3.8, 4) is 0 Å². The van der Waals surface area contributed by atoms with Gasteiger partial charge in [0.1, 0.15) is 11.9 Å². The van der Waals surface area contributed by atoms with Gasteiger partial charge in [-0.25, -0.2) is 9.78 Å². The summed E-state index contributed by atoms with van der Waals surface area (Å²) in [7, 11) is 0. The number of hydrogen-bond donors (Lipinski definition) is 3. The van der Waals surface area contributed by atoms with E-state index in [-0.39, 0.29) is 29.1 Å². The number of nitrogens with zero attached hydrogens (tertiary/aromatic N) is 2. The SMILES string of the molecule is CC1(C)CCCC(C)(C)C1C(=O)NC(Cc1ccc(N2CCC(CNc3ccccn3)CC2)cc1)C(=O)O. The average Bonchev–Trinajstić information content (AvgIpc) is 2.87. The zero-order chi connectivity index (χ0) is 27.3. The summed E-state index contributed by atoms with van der Waals surface area (Å²) in [5.41, 5.74) is 1.77. The molecule has 1 saturated carbocycles. The number of carbonyl (C=O) groups is 2. The van der Waals surface area contributed by atoms with E-state index >= 15 is 0 Å². The monoisotopic (exact) mass is 520 g/mol. The van der Waals surface area contributed by atoms with Gasteiger partial charge in [0, 0.05) is 43.9 Å². The van der Waals surface area contributed by atoms with Gasteiger partial charge in [-0.05, 0) is 72.3 Å². The number of piperidine rings is 1. The molecule has 38 heavy (non-hydrogen) atoms. The Bertz CT molecular complexity index is 1060. The summed E-state index contributed by atoms with van der Waals surface area (Å²) >= 11 is 0. The second kappa shape index (κ2) is 11.7. The number of carbonyl (C=O) groups excluding carboxylic acids is 1. The van der Waals surface area contributed by atoms with Gasteiger partial charge in [0.05, 0.1) is 0 Å². The first-order valence-electron chi connectivity index (χ1n) is 14.1. The fraction of sp³-hybridized carbons (Fsp3) is 0.581. The molecule has 0 bridgehead atoms. The van der Waals surface area contributed by atoms with Crippen molar-refractivity contribution in [1.82, 2.24) is 10.3 Å². The minimum atomic E-state index is -0.991. The molecule has 2 aromatic rings. The Balaban J connectivity index is 1.31. The van der Waals surface area contributed by atoms with Gasteiger partial charge in [0.25, 0.3) is 0 Å². The smallest absolute Gasteiger partial charge is 0.326 e. The van der Waals surface area contributed by atoms with E-state index in [0.29, 0.717) is 5.92 Å². The van der Waals surface area contributed by atoms with Crippen molar-refractivity contribution in [2.45, 2.75) is 72.3 Å². The van der Waals surface area contributed by atoms with E-state index in [9.17, 15) is 14.7 Å². The van der Waals surface area contributed by atoms with E-state index in [1.54, 1.807) is 6.20 Å². The minimum absolute atomic E-state index is 0.135. The van der Waals surface area contributed by atoms with Gasteiger partial charge in [-0.15, -0.1) is 0 Å². The highest BCUT2D eigenvalue weighted by atomic mass is 16.4. The molecule has 1 aliphatic carbocycles. The van der Waals surface area contributed by atoms with Crippen LogP contribution in [-0.2, 0) is 16.0 Å². The number of amides is 1. The lowest BCUT2D eigenvalue weighted by molar-refractivity contribution is -0.146. The summed E-state index contributed by atoms with van der Waals surface area (Å²) in [6, 6.07) is 13.1. The molecule has 4 rings (SSSR count). The van der Waals surface area contributed by atoms with Crippen LogP contribution >= 0.6 is 0 Å². The molecule has 206 valence electrons. The highest BCUT2D eigenvalue weighted by Gasteiger charge is 2.48. The largest absolute Gasteiger partial charge is 0.480 e. The van der Waals surface area contributed by atoms with E-state index < -0.39 is 12.0 Å². The van der Waals surface area contributed by atoms with E-state index in [4.69, 9.17) is 0 Å². The first-order valence-corrected chi connectivity index (χ1v) is 14.1. The number of rotatable bonds is 9. The molecule has 1 saturated heterocycles. The van der Waals surface area contributed by atoms with Crippen molar-refractivity contribution in [3.63, 3.8) is 0 Å². The fourth-order valence-electron chi connectivity index (χ4n) is 6.70. The molecule has 1 aliphatic heterocycles. The lowest BCUT2D eigenvalue weighted by Crippen LogP contribution is -2.53. The minimum Gasteiger partial charge on any atom is -0.480 e. The maximum atomic E-state index is 13.4. The summed E-state index contributed by atoms with van der Waals surface area (Å²) in [6.07, 6.45) is 7.36. The van der Waals surface area contributed by atoms with E-state index in [1.807, 2.05) is 30.3 Å². The second-order valence-corrected chi connectivity index (χ2v) is 12.6. The van der Waals surface area contributed by atoms with Crippen LogP contribution < -0.4 is 15.5 Å². The maximum absolute atomic E-state index is 13.4. The summed E-state index contributed by atoms with van der Waals surface area (Å²) in [5, 5.41) is 16.2. The third kappa shape index (κ3) is 6.86. The molecule has 0 spiro atoms. The zero-order valence-electron chi connectivity index (χ0n) is 23.4. The Morgan fingerprint density at radius 1 is 1.03 bits per heavy atom. The first-order chi connectivity index (χ1) is 18.0. The Morgan fingerprint density at radius 3 is 2.26 bits per heavy atom. The van der Waals surface area contributed by atoms with Crippen LogP contribution in [0.4, 0.5) is 11.5 Å². The van der Waals surface area contributed by atoms with Gasteiger partial charge >= 0.3 is 5.97 Å². The fourth-order valence-corrected chi connectivity index (χ4v) is 6.70. The third-order valence-corrected chi connectivity index (χ3v) is 8.67. The first kappa shape index (κ1) is 27.9. The molecule has 7 nitrogen and oxygen atoms in total. The van der Waals surface area contributed by atoms with Crippen LogP contribution in [0.5, 0.6) is 0 Å². The van der Waals surface area contributed by atoms with Crippen LogP contribution in [0.15, 0.2) is 48.7 Å². The molecule has 0 radical (unpaired) electrons. The van der Waals surface area contributed by atoms with Crippen molar-refractivity contribution < 1.29 is 14.7 Å². The standard InChI is InChI=1S/C31H44N4O3/c1-30(2)15-7-16-31(3,4)27(30)28(36)34-25(29(37)38)20-22-9-11-24(12-10-22)35-18-13-23(14-19-35)21-33-26-8-5-6-17-32-26/h5-6,8-12,17,23,25,27H,7,13-16,18-21H2,1-4H3,(H,32,33)(H,34,36)(H,37,38). The molecule has 1 aromatic heterocycles. The lowest BCUT2D eigenvalue weighted by Gasteiger charge is -2.48. The van der Waals surface area contributed by atoms with Crippen LogP contribution in [0.25, 0.3) is 0 Å². The summed E-state index contributed by atoms with van der Waals surface area (Å²) in [4.78, 5) is 32.2. The predicted molar refractivity (Wildman–Crippen MR) is 152 cm³/mol. The van der Waals surface area contributed by atoms with Gasteiger partial charge in [0.2, 0.25) is 5.91 Å². The zero-order valence-corrected chi connectivity index (χ0v) is 23.4. The molecule has 2 heterocycles. The number of hydrogen-bond acceptors (Lipinski definition) is 5. The van der Waals surface area contributed by atoms with Gasteiger partial charge in [-0.2, -0.15) is 0 Å². The third-order valence-electron chi connectivity index (χ3n) is 8.67. The van der Waals surface area contributed by atoms with Crippen molar-refractivity contribution >= 4 is 23.4 Å². The van der Waals surface area contributed by atoms with E-state index in [0.717, 1.165) is 68.8 Å². The van der Waals surface area contributed by atoms with E-state index in [1.165, 1.54) is 0 Å². The molecule has 1 unspecified atom stereocenters. The molecule has 1 atom stereocenters. The molecule has 3 N–H and O–H groups in total. The number of aliphatic carboxylic acids is 1. The van der Waals surface area contributed by atoms with E-state index in [2.05, 4.69) is 60.3 Å². The number of nitrogens with one attached hydrogen (secondary N) is 2. The molecular weight excluding hydrogens is 476 g/mol. The summed E-state index contributed by atoms with van der Waals surface area (Å²) < 4.78 is 0. The van der Waals surface area contributed by atoms with Crippen LogP contribution in [0.3, 0.4) is 0 Å². The molecule has 2 aliphatic rings. The van der Waals surface area contributed by atoms with Crippen molar-refractivity contribution in [2.24, 2.45) is 22.7 Å². The summed E-state index contributed by atoms with van der Waals surface area (Å²) in [6.45, 7) is 11.4. The lowest BCUT2D eigenvalue weighted by atomic mass is 9.57. The number of anilines is 2. The van der Waals surface area contributed by atoms with Gasteiger partial charge < -0.3 is 20.6 Å². The topological polar surface area (TPSA) is 94.6 Å². The molecule has 1 aromatic carbocycles. The van der Waals surface area contributed by atoms with Gasteiger partial charge in [-0.3, -0.25) is 4.79 Å². The second-order valence-electron chi connectivity index (χ2n) is 12.6. The Morgan fingerprint density at radius 2 is 1.68 bits per heavy atom. The normalized spacial score (nSPS) is 20.5. The number of carboxylic acids is 1. The van der Waals surface area contributed by atoms with Crippen molar-refractivity contribution in [3.05, 3.63) is 54.2 Å². The number of pyridine rings is 1. The number of carboxylic acid groups (broad SMARTS) is 1. The van der Waals surface area contributed by atoms with Crippen LogP contribution in [-0.4, -0.2) is 47.6 Å². The Kier molecular flexibility index (Phi) is 8.64. The van der Waals surface area contributed by atoms with Crippen LogP contribution in [0, 0.1) is 22.7 Å². The highest BCUT2D eigenvalue weighted by Crippen LogP contribution is 2.50. The maximum Gasteiger partial charge on any atom is 0.326 e. The van der Waals surface area contributed by atoms with Crippen molar-refractivity contribution in [1.29, 1.82) is 0 Å². The van der Waals surface area contributed by atoms with Crippen LogP contribution in [0.2, 0.25) is 0 Å². The Hall–Kier alpha value is -3.09. The highest BCUT2D eigenvalue weighted by molar-refractivity contribution is 5.86. The van der Waals surface area contributed by atoms with Crippen molar-refractivity contribution in [2.75, 3.05) is 29.9 Å². The number of benzene rings is 1. The molecule has 2 fully saturated rings. The molecular formula is C31H44N4O3. The quantitative estimate of drug-likeness (QED) is 0.411. The Labute approximate surface area is 227 Å². The van der Waals surface area contributed by atoms with Gasteiger partial charge in [0.15, 0.2) is 0 Å². The van der Waals surface area contributed by atoms with Gasteiger partial charge in [-0.1, -0.05) is 52.3 Å². The summed E-state index contributed by atoms with van der Waals surface area (Å²) in [5.74, 6) is 0.202. The number of aromatic nitrogens is 1. The predicted octanol–water partition coefficient (Wildman–Crippen LogP) is 5.37.